The van der Waals surface area contributed by atoms with Gasteiger partial charge in [-0.3, -0.25) is 4.90 Å². The molecule has 0 amide bonds. The second-order valence-electron chi connectivity index (χ2n) is 8.15. The van der Waals surface area contributed by atoms with Gasteiger partial charge in [0, 0.05) is 36.7 Å². The summed E-state index contributed by atoms with van der Waals surface area (Å²) >= 11 is 0. The fraction of sp³-hybridized carbons (Fsp3) is 0.478. The number of nitrogens with zero attached hydrogens (tertiary/aromatic N) is 2. The van der Waals surface area contributed by atoms with Crippen LogP contribution in [0, 0.1) is 5.82 Å². The highest BCUT2D eigenvalue weighted by Gasteiger charge is 2.50. The summed E-state index contributed by atoms with van der Waals surface area (Å²) in [7, 11) is -3.26. The van der Waals surface area contributed by atoms with E-state index in [9.17, 15) is 17.9 Å². The Labute approximate surface area is 178 Å². The number of hydrogen-bond acceptors (Lipinski definition) is 4. The van der Waals surface area contributed by atoms with Gasteiger partial charge in [-0.2, -0.15) is 0 Å². The van der Waals surface area contributed by atoms with Crippen LogP contribution in [0.2, 0.25) is 0 Å². The second-order valence-corrected chi connectivity index (χ2v) is 10.4. The van der Waals surface area contributed by atoms with Gasteiger partial charge < -0.3 is 5.11 Å². The third-order valence-electron chi connectivity index (χ3n) is 6.57. The maximum absolute atomic E-state index is 14.1. The molecule has 2 aromatic carbocycles. The van der Waals surface area contributed by atoms with Crippen molar-refractivity contribution < 1.29 is 17.9 Å². The van der Waals surface area contributed by atoms with E-state index < -0.39 is 10.0 Å². The summed E-state index contributed by atoms with van der Waals surface area (Å²) in [5.41, 5.74) is 2.43. The molecule has 0 saturated carbocycles. The first-order valence-corrected chi connectivity index (χ1v) is 12.3. The van der Waals surface area contributed by atoms with Gasteiger partial charge in [-0.1, -0.05) is 42.5 Å². The smallest absolute Gasteiger partial charge is 0.213 e. The van der Waals surface area contributed by atoms with Gasteiger partial charge in [-0.25, -0.2) is 17.1 Å². The molecular formula is C23H29FN2O3S. The molecule has 2 heterocycles. The summed E-state index contributed by atoms with van der Waals surface area (Å²) in [4.78, 5) is 2.26. The van der Waals surface area contributed by atoms with E-state index in [1.165, 1.54) is 6.07 Å². The van der Waals surface area contributed by atoms with Gasteiger partial charge in [-0.05, 0) is 43.5 Å². The van der Waals surface area contributed by atoms with Crippen molar-refractivity contribution in [1.29, 1.82) is 0 Å². The molecule has 1 N–H and O–H groups in total. The number of rotatable bonds is 5. The Morgan fingerprint density at radius 1 is 1.07 bits per heavy atom. The van der Waals surface area contributed by atoms with Crippen molar-refractivity contribution in [2.24, 2.45) is 0 Å². The molecule has 2 aliphatic heterocycles. The zero-order valence-electron chi connectivity index (χ0n) is 17.2. The van der Waals surface area contributed by atoms with Crippen LogP contribution in [-0.2, 0) is 10.0 Å². The predicted molar refractivity (Wildman–Crippen MR) is 116 cm³/mol. The minimum atomic E-state index is -3.26. The monoisotopic (exact) mass is 432 g/mol. The first-order chi connectivity index (χ1) is 14.5. The zero-order valence-corrected chi connectivity index (χ0v) is 18.1. The highest BCUT2D eigenvalue weighted by Crippen LogP contribution is 2.42. The molecular weight excluding hydrogens is 403 g/mol. The number of aliphatic hydroxyl groups is 1. The molecule has 2 fully saturated rings. The zero-order chi connectivity index (χ0) is 21.3. The number of hydrogen-bond donors (Lipinski definition) is 1. The molecule has 2 aliphatic rings. The van der Waals surface area contributed by atoms with E-state index in [2.05, 4.69) is 4.90 Å². The van der Waals surface area contributed by atoms with Crippen LogP contribution in [0.4, 0.5) is 4.39 Å². The summed E-state index contributed by atoms with van der Waals surface area (Å²) in [5, 5.41) is 10.0. The molecule has 5 nitrogen and oxygen atoms in total. The fourth-order valence-electron chi connectivity index (χ4n) is 4.92. The molecule has 2 saturated heterocycles. The Hall–Kier alpha value is -1.80. The van der Waals surface area contributed by atoms with Crippen LogP contribution < -0.4 is 0 Å². The van der Waals surface area contributed by atoms with Gasteiger partial charge in [0.25, 0.3) is 0 Å². The minimum absolute atomic E-state index is 0.0152. The van der Waals surface area contributed by atoms with Crippen LogP contribution in [0.15, 0.2) is 48.5 Å². The SMILES string of the molecule is CCS(=O)(=O)N1CCCCN2[C@H](CO)[C@H](c3ccc(-c4ccccc4F)cc3)[C@H]2C1. The van der Waals surface area contributed by atoms with Gasteiger partial charge in [-0.15, -0.1) is 0 Å². The van der Waals surface area contributed by atoms with E-state index in [-0.39, 0.29) is 36.2 Å². The van der Waals surface area contributed by atoms with Crippen molar-refractivity contribution in [3.05, 3.63) is 59.9 Å². The minimum Gasteiger partial charge on any atom is -0.395 e. The average molecular weight is 433 g/mol. The van der Waals surface area contributed by atoms with Gasteiger partial charge in [0.1, 0.15) is 5.82 Å². The maximum Gasteiger partial charge on any atom is 0.213 e. The van der Waals surface area contributed by atoms with Gasteiger partial charge in [0.2, 0.25) is 10.0 Å². The third kappa shape index (κ3) is 3.91. The van der Waals surface area contributed by atoms with Crippen molar-refractivity contribution >= 4 is 10.0 Å². The molecule has 3 atom stereocenters. The maximum atomic E-state index is 14.1. The fourth-order valence-corrected chi connectivity index (χ4v) is 6.08. The Morgan fingerprint density at radius 3 is 2.43 bits per heavy atom. The second kappa shape index (κ2) is 8.75. The van der Waals surface area contributed by atoms with E-state index >= 15 is 0 Å². The van der Waals surface area contributed by atoms with Crippen LogP contribution >= 0.6 is 0 Å². The Kier molecular flexibility index (Phi) is 6.25. The Bertz CT molecular complexity index is 980. The van der Waals surface area contributed by atoms with E-state index in [0.717, 1.165) is 30.5 Å². The lowest BCUT2D eigenvalue weighted by Crippen LogP contribution is -2.67. The Morgan fingerprint density at radius 2 is 1.77 bits per heavy atom. The van der Waals surface area contributed by atoms with Crippen LogP contribution in [0.1, 0.15) is 31.2 Å². The molecule has 30 heavy (non-hydrogen) atoms. The predicted octanol–water partition coefficient (Wildman–Crippen LogP) is 3.07. The first kappa shape index (κ1) is 21.4. The third-order valence-corrected chi connectivity index (χ3v) is 8.42. The highest BCUT2D eigenvalue weighted by atomic mass is 32.2. The molecule has 4 rings (SSSR count). The molecule has 162 valence electrons. The summed E-state index contributed by atoms with van der Waals surface area (Å²) in [6, 6.07) is 14.5. The Balaban J connectivity index is 1.61. The van der Waals surface area contributed by atoms with Crippen molar-refractivity contribution in [1.82, 2.24) is 9.21 Å². The molecule has 0 spiro atoms. The molecule has 0 aromatic heterocycles. The van der Waals surface area contributed by atoms with Crippen LogP contribution in [-0.4, -0.2) is 66.8 Å². The normalized spacial score (nSPS) is 25.8. The lowest BCUT2D eigenvalue weighted by molar-refractivity contribution is -0.0553. The van der Waals surface area contributed by atoms with Crippen molar-refractivity contribution in [2.45, 2.75) is 37.8 Å². The molecule has 0 bridgehead atoms. The van der Waals surface area contributed by atoms with E-state index in [1.54, 1.807) is 23.4 Å². The molecule has 0 unspecified atom stereocenters. The lowest BCUT2D eigenvalue weighted by Gasteiger charge is -2.57. The van der Waals surface area contributed by atoms with Crippen molar-refractivity contribution in [3.8, 4) is 11.1 Å². The van der Waals surface area contributed by atoms with E-state index in [0.29, 0.717) is 18.7 Å². The molecule has 7 heteroatoms. The highest BCUT2D eigenvalue weighted by molar-refractivity contribution is 7.89. The van der Waals surface area contributed by atoms with Gasteiger partial charge in [0.15, 0.2) is 0 Å². The summed E-state index contributed by atoms with van der Waals surface area (Å²) in [6.45, 7) is 3.61. The van der Waals surface area contributed by atoms with Crippen LogP contribution in [0.3, 0.4) is 0 Å². The number of sulfonamides is 1. The molecule has 0 radical (unpaired) electrons. The molecule has 2 aromatic rings. The van der Waals surface area contributed by atoms with Crippen LogP contribution in [0.25, 0.3) is 11.1 Å². The summed E-state index contributed by atoms with van der Waals surface area (Å²) < 4.78 is 40.8. The number of benzene rings is 2. The average Bonchev–Trinajstić information content (AvgIpc) is 2.73. The number of aliphatic hydroxyl groups excluding tert-OH is 1. The molecule has 0 aliphatic carbocycles. The van der Waals surface area contributed by atoms with Crippen molar-refractivity contribution in [2.75, 3.05) is 32.0 Å². The van der Waals surface area contributed by atoms with Gasteiger partial charge >= 0.3 is 0 Å². The van der Waals surface area contributed by atoms with E-state index in [1.807, 2.05) is 30.3 Å². The first-order valence-electron chi connectivity index (χ1n) is 10.7. The lowest BCUT2D eigenvalue weighted by atomic mass is 9.74. The number of fused-ring (bicyclic) bond motifs is 1. The summed E-state index contributed by atoms with van der Waals surface area (Å²) in [6.07, 6.45) is 1.75. The topological polar surface area (TPSA) is 60.9 Å². The van der Waals surface area contributed by atoms with Crippen molar-refractivity contribution in [3.63, 3.8) is 0 Å². The van der Waals surface area contributed by atoms with Crippen LogP contribution in [0.5, 0.6) is 0 Å². The summed E-state index contributed by atoms with van der Waals surface area (Å²) in [5.74, 6) is -0.100. The standard InChI is InChI=1S/C23H29FN2O3S/c1-2-30(28,29)25-13-5-6-14-26-21(15-25)23(22(26)16-27)18-11-9-17(10-12-18)19-7-3-4-8-20(19)24/h3-4,7-12,21-23,27H,2,5-6,13-16H2,1H3/t21-,22-,23-/m1/s1. The number of halogens is 1. The van der Waals surface area contributed by atoms with Gasteiger partial charge in [0.05, 0.1) is 12.4 Å². The quantitative estimate of drug-likeness (QED) is 0.789. The van der Waals surface area contributed by atoms with E-state index in [4.69, 9.17) is 0 Å². The largest absolute Gasteiger partial charge is 0.395 e.